The van der Waals surface area contributed by atoms with E-state index >= 15 is 0 Å². The first kappa shape index (κ1) is 14.2. The molecule has 1 atom stereocenters. The second-order valence-electron chi connectivity index (χ2n) is 4.04. The summed E-state index contributed by atoms with van der Waals surface area (Å²) in [6, 6.07) is 10.7. The average Bonchev–Trinajstić information content (AvgIpc) is 2.37. The number of hydrogen-bond acceptors (Lipinski definition) is 2. The molecule has 0 aliphatic carbocycles. The molecular formula is C14H12F2INO. The molecule has 2 aromatic carbocycles. The maximum absolute atomic E-state index is 13.5. The molecule has 0 fully saturated rings. The minimum absolute atomic E-state index is 0.0832. The van der Waals surface area contributed by atoms with E-state index in [1.54, 1.807) is 0 Å². The zero-order chi connectivity index (χ0) is 13.8. The smallest absolute Gasteiger partial charge is 0.131 e. The molecule has 2 nitrogen and oxygen atoms in total. The summed E-state index contributed by atoms with van der Waals surface area (Å²) in [5.74, 6) is -1.39. The monoisotopic (exact) mass is 375 g/mol. The number of halogens is 3. The molecule has 5 heteroatoms. The third-order valence-corrected chi connectivity index (χ3v) is 3.62. The van der Waals surface area contributed by atoms with Crippen molar-refractivity contribution < 1.29 is 13.9 Å². The van der Waals surface area contributed by atoms with Gasteiger partial charge < -0.3 is 10.4 Å². The highest BCUT2D eigenvalue weighted by Crippen LogP contribution is 2.21. The van der Waals surface area contributed by atoms with E-state index in [9.17, 15) is 13.9 Å². The van der Waals surface area contributed by atoms with Crippen molar-refractivity contribution in [3.05, 3.63) is 63.2 Å². The van der Waals surface area contributed by atoms with Gasteiger partial charge in [-0.1, -0.05) is 18.2 Å². The number of nitrogens with one attached hydrogen (secondary N) is 1. The standard InChI is InChI=1S/C14H12F2INO/c15-9-5-6-10(11(16)7-9)14(19)8-18-13-4-2-1-3-12(13)17/h1-7,14,18-19H,8H2. The van der Waals surface area contributed by atoms with Gasteiger partial charge in [0.25, 0.3) is 0 Å². The van der Waals surface area contributed by atoms with E-state index in [1.807, 2.05) is 24.3 Å². The van der Waals surface area contributed by atoms with E-state index in [-0.39, 0.29) is 12.1 Å². The highest BCUT2D eigenvalue weighted by Gasteiger charge is 2.13. The Bertz CT molecular complexity index is 577. The van der Waals surface area contributed by atoms with Gasteiger partial charge in [-0.15, -0.1) is 0 Å². The number of benzene rings is 2. The summed E-state index contributed by atoms with van der Waals surface area (Å²) >= 11 is 2.17. The minimum atomic E-state index is -1.03. The van der Waals surface area contributed by atoms with Crippen molar-refractivity contribution in [3.63, 3.8) is 0 Å². The van der Waals surface area contributed by atoms with Gasteiger partial charge in [-0.05, 0) is 40.8 Å². The molecule has 2 rings (SSSR count). The SMILES string of the molecule is OC(CNc1ccccc1I)c1ccc(F)cc1F. The predicted octanol–water partition coefficient (Wildman–Crippen LogP) is 3.71. The lowest BCUT2D eigenvalue weighted by molar-refractivity contribution is 0.186. The molecule has 0 aliphatic rings. The fourth-order valence-electron chi connectivity index (χ4n) is 1.69. The molecule has 0 amide bonds. The molecule has 0 aliphatic heterocycles. The van der Waals surface area contributed by atoms with Crippen LogP contribution < -0.4 is 5.32 Å². The van der Waals surface area contributed by atoms with Crippen LogP contribution in [0.5, 0.6) is 0 Å². The maximum atomic E-state index is 13.5. The van der Waals surface area contributed by atoms with Gasteiger partial charge in [0.1, 0.15) is 11.6 Å². The van der Waals surface area contributed by atoms with Crippen LogP contribution in [-0.4, -0.2) is 11.7 Å². The second-order valence-corrected chi connectivity index (χ2v) is 5.20. The zero-order valence-corrected chi connectivity index (χ0v) is 12.1. The first-order valence-corrected chi connectivity index (χ1v) is 6.77. The van der Waals surface area contributed by atoms with E-state index in [0.717, 1.165) is 21.4 Å². The molecule has 0 saturated heterocycles. The van der Waals surface area contributed by atoms with E-state index in [1.165, 1.54) is 6.07 Å². The molecular weight excluding hydrogens is 363 g/mol. The molecule has 2 N–H and O–H groups in total. The first-order chi connectivity index (χ1) is 9.08. The Morgan fingerprint density at radius 3 is 2.58 bits per heavy atom. The minimum Gasteiger partial charge on any atom is -0.386 e. The van der Waals surface area contributed by atoms with Crippen LogP contribution in [0.2, 0.25) is 0 Å². The average molecular weight is 375 g/mol. The summed E-state index contributed by atoms with van der Waals surface area (Å²) in [7, 11) is 0. The summed E-state index contributed by atoms with van der Waals surface area (Å²) < 4.78 is 27.3. The van der Waals surface area contributed by atoms with Gasteiger partial charge in [-0.25, -0.2) is 8.78 Å². The largest absolute Gasteiger partial charge is 0.386 e. The Balaban J connectivity index is 2.05. The van der Waals surface area contributed by atoms with Gasteiger partial charge in [0.15, 0.2) is 0 Å². The number of hydrogen-bond donors (Lipinski definition) is 2. The second kappa shape index (κ2) is 6.29. The Morgan fingerprint density at radius 2 is 1.89 bits per heavy atom. The van der Waals surface area contributed by atoms with E-state index < -0.39 is 17.7 Å². The summed E-state index contributed by atoms with van der Waals surface area (Å²) in [5, 5.41) is 13.0. The van der Waals surface area contributed by atoms with Crippen molar-refractivity contribution in [1.29, 1.82) is 0 Å². The van der Waals surface area contributed by atoms with Gasteiger partial charge in [-0.2, -0.15) is 0 Å². The zero-order valence-electron chi connectivity index (χ0n) is 9.91. The van der Waals surface area contributed by atoms with Gasteiger partial charge in [0.05, 0.1) is 6.10 Å². The number of rotatable bonds is 4. The highest BCUT2D eigenvalue weighted by atomic mass is 127. The van der Waals surface area contributed by atoms with Gasteiger partial charge in [0.2, 0.25) is 0 Å². The van der Waals surface area contributed by atoms with E-state index in [0.29, 0.717) is 0 Å². The normalized spacial score (nSPS) is 12.2. The van der Waals surface area contributed by atoms with Crippen LogP contribution in [0.3, 0.4) is 0 Å². The van der Waals surface area contributed by atoms with Crippen molar-refractivity contribution in [1.82, 2.24) is 0 Å². The van der Waals surface area contributed by atoms with E-state index in [4.69, 9.17) is 0 Å². The number of aliphatic hydroxyl groups is 1. The molecule has 0 radical (unpaired) electrons. The lowest BCUT2D eigenvalue weighted by Crippen LogP contribution is -2.14. The molecule has 19 heavy (non-hydrogen) atoms. The van der Waals surface area contributed by atoms with Gasteiger partial charge in [-0.3, -0.25) is 0 Å². The van der Waals surface area contributed by atoms with Crippen LogP contribution in [0, 0.1) is 15.2 Å². The molecule has 0 aromatic heterocycles. The lowest BCUT2D eigenvalue weighted by Gasteiger charge is -2.14. The van der Waals surface area contributed by atoms with Crippen LogP contribution >= 0.6 is 22.6 Å². The van der Waals surface area contributed by atoms with E-state index in [2.05, 4.69) is 27.9 Å². The lowest BCUT2D eigenvalue weighted by atomic mass is 10.1. The third-order valence-electron chi connectivity index (χ3n) is 2.68. The Morgan fingerprint density at radius 1 is 1.16 bits per heavy atom. The molecule has 0 saturated carbocycles. The number of para-hydroxylation sites is 1. The third kappa shape index (κ3) is 3.63. The fraction of sp³-hybridized carbons (Fsp3) is 0.143. The van der Waals surface area contributed by atoms with Crippen molar-refractivity contribution in [2.75, 3.05) is 11.9 Å². The Labute approximate surface area is 123 Å². The van der Waals surface area contributed by atoms with Crippen LogP contribution in [0.4, 0.5) is 14.5 Å². The Kier molecular flexibility index (Phi) is 4.71. The first-order valence-electron chi connectivity index (χ1n) is 5.69. The van der Waals surface area contributed by atoms with Gasteiger partial charge in [0, 0.05) is 27.4 Å². The van der Waals surface area contributed by atoms with Crippen LogP contribution in [0.15, 0.2) is 42.5 Å². The molecule has 1 unspecified atom stereocenters. The maximum Gasteiger partial charge on any atom is 0.131 e. The van der Waals surface area contributed by atoms with Crippen molar-refractivity contribution in [3.8, 4) is 0 Å². The molecule has 100 valence electrons. The quantitative estimate of drug-likeness (QED) is 0.799. The molecule has 0 bridgehead atoms. The fourth-order valence-corrected chi connectivity index (χ4v) is 2.27. The summed E-state index contributed by atoms with van der Waals surface area (Å²) in [4.78, 5) is 0. The van der Waals surface area contributed by atoms with Crippen LogP contribution in [0.25, 0.3) is 0 Å². The van der Waals surface area contributed by atoms with Crippen molar-refractivity contribution in [2.24, 2.45) is 0 Å². The molecule has 0 heterocycles. The van der Waals surface area contributed by atoms with Crippen LogP contribution in [-0.2, 0) is 0 Å². The highest BCUT2D eigenvalue weighted by molar-refractivity contribution is 14.1. The molecule has 0 spiro atoms. The summed E-state index contributed by atoms with van der Waals surface area (Å²) in [6.07, 6.45) is -1.03. The predicted molar refractivity (Wildman–Crippen MR) is 79.0 cm³/mol. The number of anilines is 1. The van der Waals surface area contributed by atoms with Crippen molar-refractivity contribution in [2.45, 2.75) is 6.10 Å². The summed E-state index contributed by atoms with van der Waals surface area (Å²) in [5.41, 5.74) is 0.949. The topological polar surface area (TPSA) is 32.3 Å². The number of aliphatic hydroxyl groups excluding tert-OH is 1. The van der Waals surface area contributed by atoms with Gasteiger partial charge >= 0.3 is 0 Å². The van der Waals surface area contributed by atoms with Crippen LogP contribution in [0.1, 0.15) is 11.7 Å². The molecule has 2 aromatic rings. The van der Waals surface area contributed by atoms with Crippen molar-refractivity contribution >= 4 is 28.3 Å². The Hall–Kier alpha value is -1.21. The summed E-state index contributed by atoms with van der Waals surface area (Å²) in [6.45, 7) is 0.155.